The van der Waals surface area contributed by atoms with E-state index in [4.69, 9.17) is 4.74 Å². The van der Waals surface area contributed by atoms with Crippen LogP contribution in [0.15, 0.2) is 72.8 Å². The lowest BCUT2D eigenvalue weighted by atomic mass is 10.1. The highest BCUT2D eigenvalue weighted by Gasteiger charge is 2.10. The molecule has 0 spiro atoms. The average Bonchev–Trinajstić information content (AvgIpc) is 2.70. The maximum absolute atomic E-state index is 12.9. The summed E-state index contributed by atoms with van der Waals surface area (Å²) in [6.45, 7) is 0. The third-order valence-electron chi connectivity index (χ3n) is 3.86. The van der Waals surface area contributed by atoms with Crippen LogP contribution >= 0.6 is 0 Å². The van der Waals surface area contributed by atoms with Crippen LogP contribution in [0.3, 0.4) is 0 Å². The van der Waals surface area contributed by atoms with Crippen LogP contribution in [0.2, 0.25) is 0 Å². The number of methoxy groups -OCH3 is 1. The molecule has 0 aliphatic rings. The number of halogens is 1. The van der Waals surface area contributed by atoms with Crippen LogP contribution in [0.5, 0.6) is 5.75 Å². The Hall–Kier alpha value is -3.67. The van der Waals surface area contributed by atoms with E-state index in [-0.39, 0.29) is 17.6 Å². The molecule has 0 aliphatic heterocycles. The van der Waals surface area contributed by atoms with Crippen LogP contribution in [-0.2, 0) is 0 Å². The normalized spacial score (nSPS) is 10.1. The number of hydrogen-bond donors (Lipinski definition) is 2. The van der Waals surface area contributed by atoms with Crippen molar-refractivity contribution >= 4 is 23.2 Å². The topological polar surface area (TPSA) is 67.4 Å². The first-order chi connectivity index (χ1) is 13.0. The first-order valence-electron chi connectivity index (χ1n) is 8.17. The Bertz CT molecular complexity index is 937. The first-order valence-corrected chi connectivity index (χ1v) is 8.17. The molecule has 0 aromatic heterocycles. The van der Waals surface area contributed by atoms with Gasteiger partial charge in [-0.2, -0.15) is 0 Å². The van der Waals surface area contributed by atoms with E-state index in [0.717, 1.165) is 0 Å². The molecule has 0 bridgehead atoms. The summed E-state index contributed by atoms with van der Waals surface area (Å²) in [5.74, 6) is -0.306. The lowest BCUT2D eigenvalue weighted by molar-refractivity contribution is 0.101. The van der Waals surface area contributed by atoms with E-state index in [0.29, 0.717) is 28.3 Å². The fourth-order valence-electron chi connectivity index (χ4n) is 2.39. The number of rotatable bonds is 5. The van der Waals surface area contributed by atoms with E-state index in [2.05, 4.69) is 10.6 Å². The van der Waals surface area contributed by atoms with Crippen LogP contribution in [0, 0.1) is 5.82 Å². The lowest BCUT2D eigenvalue weighted by Gasteiger charge is -2.08. The third-order valence-corrected chi connectivity index (χ3v) is 3.86. The summed E-state index contributed by atoms with van der Waals surface area (Å²) < 4.78 is 18.0. The molecule has 6 heteroatoms. The maximum Gasteiger partial charge on any atom is 0.255 e. The Morgan fingerprint density at radius 1 is 0.704 bits per heavy atom. The molecule has 0 atom stereocenters. The highest BCUT2D eigenvalue weighted by Crippen LogP contribution is 2.16. The Morgan fingerprint density at radius 3 is 1.52 bits per heavy atom. The summed E-state index contributed by atoms with van der Waals surface area (Å²) in [5.41, 5.74) is 1.94. The number of benzene rings is 3. The second-order valence-electron chi connectivity index (χ2n) is 5.72. The monoisotopic (exact) mass is 364 g/mol. The van der Waals surface area contributed by atoms with Gasteiger partial charge in [0, 0.05) is 22.5 Å². The molecule has 0 aliphatic carbocycles. The fourth-order valence-corrected chi connectivity index (χ4v) is 2.39. The second-order valence-corrected chi connectivity index (χ2v) is 5.72. The lowest BCUT2D eigenvalue weighted by Crippen LogP contribution is -2.14. The summed E-state index contributed by atoms with van der Waals surface area (Å²) in [7, 11) is 1.57. The van der Waals surface area contributed by atoms with Gasteiger partial charge in [0.25, 0.3) is 11.8 Å². The standard InChI is InChI=1S/C21H17FN2O3/c1-27-19-12-10-18(11-13-19)24-21(26)15-4-2-14(3-5-15)20(25)23-17-8-6-16(22)7-9-17/h2-13H,1H3,(H,23,25)(H,24,26). The summed E-state index contributed by atoms with van der Waals surface area (Å²) in [4.78, 5) is 24.5. The van der Waals surface area contributed by atoms with Gasteiger partial charge in [0.1, 0.15) is 11.6 Å². The highest BCUT2D eigenvalue weighted by atomic mass is 19.1. The molecule has 0 radical (unpaired) electrons. The quantitative estimate of drug-likeness (QED) is 0.708. The minimum absolute atomic E-state index is 0.286. The van der Waals surface area contributed by atoms with Gasteiger partial charge in [0.05, 0.1) is 7.11 Å². The van der Waals surface area contributed by atoms with Crippen molar-refractivity contribution in [3.05, 3.63) is 89.7 Å². The van der Waals surface area contributed by atoms with Gasteiger partial charge < -0.3 is 15.4 Å². The predicted octanol–water partition coefficient (Wildman–Crippen LogP) is 4.34. The van der Waals surface area contributed by atoms with E-state index >= 15 is 0 Å². The van der Waals surface area contributed by atoms with Crippen molar-refractivity contribution in [2.45, 2.75) is 0 Å². The van der Waals surface area contributed by atoms with Crippen LogP contribution in [0.25, 0.3) is 0 Å². The number of ether oxygens (including phenoxy) is 1. The van der Waals surface area contributed by atoms with Crippen molar-refractivity contribution in [1.82, 2.24) is 0 Å². The van der Waals surface area contributed by atoms with Crippen LogP contribution in [0.4, 0.5) is 15.8 Å². The Balaban J connectivity index is 1.63. The Labute approximate surface area is 155 Å². The van der Waals surface area contributed by atoms with Crippen molar-refractivity contribution in [3.8, 4) is 5.75 Å². The zero-order valence-electron chi connectivity index (χ0n) is 14.5. The molecule has 2 amide bonds. The first kappa shape index (κ1) is 18.1. The van der Waals surface area contributed by atoms with Gasteiger partial charge in [-0.15, -0.1) is 0 Å². The summed E-state index contributed by atoms with van der Waals surface area (Å²) in [5, 5.41) is 5.44. The van der Waals surface area contributed by atoms with Gasteiger partial charge in [-0.1, -0.05) is 0 Å². The van der Waals surface area contributed by atoms with E-state index in [1.807, 2.05) is 0 Å². The Kier molecular flexibility index (Phi) is 5.47. The van der Waals surface area contributed by atoms with Crippen LogP contribution < -0.4 is 15.4 Å². The van der Waals surface area contributed by atoms with E-state index in [1.54, 1.807) is 55.6 Å². The molecule has 27 heavy (non-hydrogen) atoms. The molecule has 3 aromatic rings. The van der Waals surface area contributed by atoms with Crippen molar-refractivity contribution in [3.63, 3.8) is 0 Å². The second kappa shape index (κ2) is 8.14. The van der Waals surface area contributed by atoms with Gasteiger partial charge in [-0.3, -0.25) is 9.59 Å². The molecule has 5 nitrogen and oxygen atoms in total. The molecular weight excluding hydrogens is 347 g/mol. The van der Waals surface area contributed by atoms with Gasteiger partial charge in [0.2, 0.25) is 0 Å². The van der Waals surface area contributed by atoms with Crippen molar-refractivity contribution in [2.75, 3.05) is 17.7 Å². The number of carbonyl (C=O) groups excluding carboxylic acids is 2. The summed E-state index contributed by atoms with van der Waals surface area (Å²) in [6, 6.07) is 18.7. The number of amides is 2. The van der Waals surface area contributed by atoms with Gasteiger partial charge in [0.15, 0.2) is 0 Å². The highest BCUT2D eigenvalue weighted by molar-refractivity contribution is 6.07. The molecule has 0 heterocycles. The van der Waals surface area contributed by atoms with Crippen LogP contribution in [-0.4, -0.2) is 18.9 Å². The van der Waals surface area contributed by atoms with Crippen molar-refractivity contribution in [1.29, 1.82) is 0 Å². The zero-order valence-corrected chi connectivity index (χ0v) is 14.5. The molecule has 3 aromatic carbocycles. The zero-order chi connectivity index (χ0) is 19.2. The van der Waals surface area contributed by atoms with Gasteiger partial charge in [-0.25, -0.2) is 4.39 Å². The molecule has 136 valence electrons. The predicted molar refractivity (Wildman–Crippen MR) is 102 cm³/mol. The van der Waals surface area contributed by atoms with Gasteiger partial charge in [-0.05, 0) is 72.8 Å². The van der Waals surface area contributed by atoms with Crippen LogP contribution in [0.1, 0.15) is 20.7 Å². The number of nitrogens with one attached hydrogen (secondary N) is 2. The molecule has 0 saturated carbocycles. The minimum atomic E-state index is -0.375. The summed E-state index contributed by atoms with van der Waals surface area (Å²) >= 11 is 0. The van der Waals surface area contributed by atoms with Crippen molar-refractivity contribution in [2.24, 2.45) is 0 Å². The maximum atomic E-state index is 12.9. The van der Waals surface area contributed by atoms with E-state index in [1.165, 1.54) is 24.3 Å². The number of hydrogen-bond acceptors (Lipinski definition) is 3. The minimum Gasteiger partial charge on any atom is -0.497 e. The fraction of sp³-hybridized carbons (Fsp3) is 0.0476. The molecule has 0 saturated heterocycles. The molecule has 0 unspecified atom stereocenters. The molecule has 0 fully saturated rings. The molecule has 2 N–H and O–H groups in total. The molecule has 3 rings (SSSR count). The number of anilines is 2. The smallest absolute Gasteiger partial charge is 0.255 e. The Morgan fingerprint density at radius 2 is 1.11 bits per heavy atom. The van der Waals surface area contributed by atoms with Crippen molar-refractivity contribution < 1.29 is 18.7 Å². The van der Waals surface area contributed by atoms with E-state index in [9.17, 15) is 14.0 Å². The third kappa shape index (κ3) is 4.70. The number of carbonyl (C=O) groups is 2. The SMILES string of the molecule is COc1ccc(NC(=O)c2ccc(C(=O)Nc3ccc(F)cc3)cc2)cc1. The largest absolute Gasteiger partial charge is 0.497 e. The summed E-state index contributed by atoms with van der Waals surface area (Å²) in [6.07, 6.45) is 0. The molecular formula is C21H17FN2O3. The average molecular weight is 364 g/mol. The van der Waals surface area contributed by atoms with E-state index < -0.39 is 0 Å². The van der Waals surface area contributed by atoms with Gasteiger partial charge >= 0.3 is 0 Å².